The topological polar surface area (TPSA) is 52.6 Å². The molecule has 1 aliphatic carbocycles. The van der Waals surface area contributed by atoms with Gasteiger partial charge in [0.2, 0.25) is 0 Å². The number of esters is 1. The third kappa shape index (κ3) is 7.64. The Hall–Kier alpha value is -1.72. The first kappa shape index (κ1) is 30.5. The lowest BCUT2D eigenvalue weighted by atomic mass is 9.64. The zero-order valence-corrected chi connectivity index (χ0v) is 25.3. The number of carbonyl (C=O) groups excluding carboxylic acids is 2. The van der Waals surface area contributed by atoms with Gasteiger partial charge in [-0.15, -0.1) is 0 Å². The van der Waals surface area contributed by atoms with Gasteiger partial charge in [0.25, 0.3) is 0 Å². The summed E-state index contributed by atoms with van der Waals surface area (Å²) in [7, 11) is -2.08. The summed E-state index contributed by atoms with van der Waals surface area (Å²) in [6.07, 6.45) is 7.06. The van der Waals surface area contributed by atoms with Crippen molar-refractivity contribution in [2.75, 3.05) is 0 Å². The summed E-state index contributed by atoms with van der Waals surface area (Å²) in [6, 6.07) is 10.6. The second-order valence-electron chi connectivity index (χ2n) is 13.1. The van der Waals surface area contributed by atoms with Gasteiger partial charge in [0.1, 0.15) is 12.4 Å². The Morgan fingerprint density at radius 2 is 1.64 bits per heavy atom. The largest absolute Gasteiger partial charge is 0.459 e. The standard InChI is InChI=1S/C31H50O4Si/c1-22-16-18-26(31(7,8)25-14-12-11-13-15-25)27(20-22)34-28(33)19-17-23(2)29(24(3)21-32)35-36(9,10)30(4,5)6/h11-15,17,19,21-24,26-27,29H,16,18,20H2,1-10H3/b19-17-/t22-,23-,24-,26-,27-,29-/m1/s1. The van der Waals surface area contributed by atoms with Crippen LogP contribution >= 0.6 is 0 Å². The minimum atomic E-state index is -2.08. The fourth-order valence-electron chi connectivity index (χ4n) is 5.18. The van der Waals surface area contributed by atoms with E-state index in [-0.39, 0.29) is 46.4 Å². The molecule has 202 valence electrons. The van der Waals surface area contributed by atoms with Crippen molar-refractivity contribution in [1.82, 2.24) is 0 Å². The highest BCUT2D eigenvalue weighted by atomic mass is 28.4. The van der Waals surface area contributed by atoms with Gasteiger partial charge >= 0.3 is 5.97 Å². The second-order valence-corrected chi connectivity index (χ2v) is 17.9. The average Bonchev–Trinajstić information content (AvgIpc) is 2.80. The lowest BCUT2D eigenvalue weighted by Crippen LogP contribution is -2.47. The van der Waals surface area contributed by atoms with Crippen molar-refractivity contribution in [1.29, 1.82) is 0 Å². The van der Waals surface area contributed by atoms with Gasteiger partial charge < -0.3 is 14.0 Å². The Morgan fingerprint density at radius 3 is 2.19 bits per heavy atom. The smallest absolute Gasteiger partial charge is 0.330 e. The van der Waals surface area contributed by atoms with Crippen LogP contribution in [0.4, 0.5) is 0 Å². The summed E-state index contributed by atoms with van der Waals surface area (Å²) in [5.74, 6) is 0.137. The number of carbonyl (C=O) groups is 2. The van der Waals surface area contributed by atoms with Crippen LogP contribution in [0, 0.1) is 23.7 Å². The van der Waals surface area contributed by atoms with Gasteiger partial charge in [-0.2, -0.15) is 0 Å². The van der Waals surface area contributed by atoms with E-state index in [1.807, 2.05) is 26.0 Å². The minimum absolute atomic E-state index is 0.0362. The van der Waals surface area contributed by atoms with E-state index >= 15 is 0 Å². The third-order valence-electron chi connectivity index (χ3n) is 8.79. The molecule has 0 bridgehead atoms. The molecule has 6 atom stereocenters. The second kappa shape index (κ2) is 12.2. The maximum atomic E-state index is 13.0. The summed E-state index contributed by atoms with van der Waals surface area (Å²) < 4.78 is 12.8. The molecule has 5 heteroatoms. The predicted molar refractivity (Wildman–Crippen MR) is 151 cm³/mol. The van der Waals surface area contributed by atoms with Gasteiger partial charge in [-0.25, -0.2) is 4.79 Å². The molecule has 0 aliphatic heterocycles. The number of aldehydes is 1. The Morgan fingerprint density at radius 1 is 1.03 bits per heavy atom. The molecule has 1 aliphatic rings. The van der Waals surface area contributed by atoms with Gasteiger partial charge in [0.05, 0.1) is 6.10 Å². The summed E-state index contributed by atoms with van der Waals surface area (Å²) in [5, 5.41) is 0.0362. The highest BCUT2D eigenvalue weighted by molar-refractivity contribution is 6.74. The van der Waals surface area contributed by atoms with Gasteiger partial charge in [0.15, 0.2) is 8.32 Å². The predicted octanol–water partition coefficient (Wildman–Crippen LogP) is 7.73. The molecule has 0 spiro atoms. The first-order chi connectivity index (χ1) is 16.6. The van der Waals surface area contributed by atoms with E-state index in [9.17, 15) is 9.59 Å². The average molecular weight is 515 g/mol. The molecule has 1 aromatic rings. The number of hydrogen-bond donors (Lipinski definition) is 0. The summed E-state index contributed by atoms with van der Waals surface area (Å²) in [4.78, 5) is 24.7. The van der Waals surface area contributed by atoms with E-state index in [1.54, 1.807) is 6.08 Å². The van der Waals surface area contributed by atoms with Crippen molar-refractivity contribution < 1.29 is 18.8 Å². The van der Waals surface area contributed by atoms with Crippen molar-refractivity contribution in [3.63, 3.8) is 0 Å². The maximum absolute atomic E-state index is 13.0. The fourth-order valence-corrected chi connectivity index (χ4v) is 6.65. The highest BCUT2D eigenvalue weighted by Gasteiger charge is 2.43. The maximum Gasteiger partial charge on any atom is 0.330 e. The molecule has 2 rings (SSSR count). The molecule has 0 amide bonds. The van der Waals surface area contributed by atoms with E-state index in [1.165, 1.54) is 5.56 Å². The molecule has 0 radical (unpaired) electrons. The molecule has 0 unspecified atom stereocenters. The quantitative estimate of drug-likeness (QED) is 0.139. The van der Waals surface area contributed by atoms with Crippen molar-refractivity contribution in [2.45, 2.75) is 110 Å². The third-order valence-corrected chi connectivity index (χ3v) is 13.3. The lowest BCUT2D eigenvalue weighted by Gasteiger charge is -2.43. The van der Waals surface area contributed by atoms with Crippen molar-refractivity contribution in [2.24, 2.45) is 23.7 Å². The van der Waals surface area contributed by atoms with E-state index in [0.717, 1.165) is 25.5 Å². The Bertz CT molecular complexity index is 884. The number of rotatable bonds is 10. The molecule has 0 N–H and O–H groups in total. The summed E-state index contributed by atoms with van der Waals surface area (Å²) in [6.45, 7) is 21.7. The number of hydrogen-bond acceptors (Lipinski definition) is 4. The SMILES string of the molecule is C[C@@H]1CC[C@@H](C(C)(C)c2ccccc2)[C@H](OC(=O)/C=C\[C@@H](C)[C@@H](O[Si](C)(C)C(C)(C)C)[C@H](C)C=O)C1. The van der Waals surface area contributed by atoms with E-state index in [0.29, 0.717) is 5.92 Å². The van der Waals surface area contributed by atoms with Crippen LogP contribution in [0.3, 0.4) is 0 Å². The van der Waals surface area contributed by atoms with E-state index in [2.05, 4.69) is 78.9 Å². The van der Waals surface area contributed by atoms with E-state index in [4.69, 9.17) is 9.16 Å². The van der Waals surface area contributed by atoms with E-state index < -0.39 is 8.32 Å². The normalized spacial score (nSPS) is 24.2. The molecule has 1 fully saturated rings. The number of benzene rings is 1. The molecule has 1 saturated carbocycles. The Kier molecular flexibility index (Phi) is 10.3. The van der Waals surface area contributed by atoms with Crippen molar-refractivity contribution in [3.05, 3.63) is 48.0 Å². The van der Waals surface area contributed by atoms with Crippen LogP contribution in [-0.4, -0.2) is 32.8 Å². The lowest BCUT2D eigenvalue weighted by molar-refractivity contribution is -0.150. The van der Waals surface area contributed by atoms with Crippen LogP contribution in [0.2, 0.25) is 18.1 Å². The molecule has 0 heterocycles. The van der Waals surface area contributed by atoms with Crippen LogP contribution in [0.5, 0.6) is 0 Å². The monoisotopic (exact) mass is 514 g/mol. The first-order valence-electron chi connectivity index (χ1n) is 13.7. The minimum Gasteiger partial charge on any atom is -0.459 e. The molecular weight excluding hydrogens is 464 g/mol. The summed E-state index contributed by atoms with van der Waals surface area (Å²) >= 11 is 0. The molecule has 0 aromatic heterocycles. The van der Waals surface area contributed by atoms with Crippen molar-refractivity contribution >= 4 is 20.6 Å². The van der Waals surface area contributed by atoms with Gasteiger partial charge in [-0.05, 0) is 47.9 Å². The zero-order valence-electron chi connectivity index (χ0n) is 24.3. The highest BCUT2D eigenvalue weighted by Crippen LogP contribution is 2.44. The zero-order chi connectivity index (χ0) is 27.3. The molecular formula is C31H50O4Si. The first-order valence-corrected chi connectivity index (χ1v) is 16.6. The van der Waals surface area contributed by atoms with Gasteiger partial charge in [-0.1, -0.05) is 98.2 Å². The van der Waals surface area contributed by atoms with Crippen LogP contribution in [0.25, 0.3) is 0 Å². The Balaban J connectivity index is 2.16. The van der Waals surface area contributed by atoms with Crippen LogP contribution in [0.1, 0.15) is 80.2 Å². The van der Waals surface area contributed by atoms with Crippen LogP contribution < -0.4 is 0 Å². The fraction of sp³-hybridized carbons (Fsp3) is 0.677. The van der Waals surface area contributed by atoms with Gasteiger partial charge in [-0.3, -0.25) is 0 Å². The Labute approximate surface area is 221 Å². The number of ether oxygens (including phenoxy) is 1. The molecule has 4 nitrogen and oxygen atoms in total. The molecule has 0 saturated heterocycles. The van der Waals surface area contributed by atoms with Crippen molar-refractivity contribution in [3.8, 4) is 0 Å². The molecule has 36 heavy (non-hydrogen) atoms. The van der Waals surface area contributed by atoms with Gasteiger partial charge in [0, 0.05) is 23.8 Å². The summed E-state index contributed by atoms with van der Waals surface area (Å²) in [5.41, 5.74) is 1.19. The van der Waals surface area contributed by atoms with Crippen LogP contribution in [0.15, 0.2) is 42.5 Å². The molecule has 1 aromatic carbocycles. The van der Waals surface area contributed by atoms with Crippen LogP contribution in [-0.2, 0) is 24.2 Å².